The SMILES string of the molecule is CCOC(=O)C1(Oc2cc(Br)c(C(=O)OC)cc2[N+](=O)[O-])CC1. The van der Waals surface area contributed by atoms with Crippen LogP contribution in [0.2, 0.25) is 0 Å². The standard InChI is InChI=1S/C14H14BrNO7/c1-3-22-13(18)14(4-5-14)23-11-7-9(15)8(12(17)21-2)6-10(11)16(19)20/h6-7H,3-5H2,1-2H3. The number of carbonyl (C=O) groups excluding carboxylic acids is 2. The van der Waals surface area contributed by atoms with Gasteiger partial charge in [-0.05, 0) is 22.9 Å². The summed E-state index contributed by atoms with van der Waals surface area (Å²) in [7, 11) is 1.17. The smallest absolute Gasteiger partial charge is 0.350 e. The Morgan fingerprint density at radius 1 is 1.39 bits per heavy atom. The average Bonchev–Trinajstić information content (AvgIpc) is 3.27. The number of nitro groups is 1. The van der Waals surface area contributed by atoms with Crippen LogP contribution < -0.4 is 4.74 Å². The predicted molar refractivity (Wildman–Crippen MR) is 81.4 cm³/mol. The largest absolute Gasteiger partial charge is 0.468 e. The number of hydrogen-bond acceptors (Lipinski definition) is 7. The molecule has 9 heteroatoms. The molecule has 2 rings (SSSR count). The first-order valence-corrected chi connectivity index (χ1v) is 7.56. The molecular formula is C14H14BrNO7. The van der Waals surface area contributed by atoms with Crippen molar-refractivity contribution >= 4 is 33.6 Å². The lowest BCUT2D eigenvalue weighted by atomic mass is 10.2. The third-order valence-corrected chi connectivity index (χ3v) is 3.96. The van der Waals surface area contributed by atoms with E-state index in [0.29, 0.717) is 12.8 Å². The normalized spacial score (nSPS) is 14.7. The molecule has 0 aromatic heterocycles. The quantitative estimate of drug-likeness (QED) is 0.419. The number of nitrogens with zero attached hydrogens (tertiary/aromatic N) is 1. The fraction of sp³-hybridized carbons (Fsp3) is 0.429. The average molecular weight is 388 g/mol. The van der Waals surface area contributed by atoms with E-state index in [0.717, 1.165) is 6.07 Å². The molecule has 0 spiro atoms. The van der Waals surface area contributed by atoms with Gasteiger partial charge in [0.15, 0.2) is 5.75 Å². The highest BCUT2D eigenvalue weighted by Gasteiger charge is 2.55. The van der Waals surface area contributed by atoms with Gasteiger partial charge in [0.25, 0.3) is 0 Å². The molecule has 1 aliphatic rings. The maximum Gasteiger partial charge on any atom is 0.350 e. The Balaban J connectivity index is 2.39. The molecule has 0 N–H and O–H groups in total. The highest BCUT2D eigenvalue weighted by molar-refractivity contribution is 9.10. The Kier molecular flexibility index (Phi) is 4.88. The van der Waals surface area contributed by atoms with Gasteiger partial charge in [-0.3, -0.25) is 10.1 Å². The van der Waals surface area contributed by atoms with Gasteiger partial charge in [-0.1, -0.05) is 0 Å². The summed E-state index contributed by atoms with van der Waals surface area (Å²) in [6, 6.07) is 2.33. The van der Waals surface area contributed by atoms with Crippen LogP contribution in [0.15, 0.2) is 16.6 Å². The second kappa shape index (κ2) is 6.53. The van der Waals surface area contributed by atoms with Gasteiger partial charge >= 0.3 is 17.6 Å². The van der Waals surface area contributed by atoms with Gasteiger partial charge in [0.1, 0.15) is 0 Å². The fourth-order valence-electron chi connectivity index (χ4n) is 1.97. The minimum Gasteiger partial charge on any atom is -0.468 e. The molecule has 0 saturated heterocycles. The number of nitro benzene ring substituents is 1. The molecule has 1 aromatic rings. The monoisotopic (exact) mass is 387 g/mol. The van der Waals surface area contributed by atoms with Crippen LogP contribution in [0, 0.1) is 10.1 Å². The Morgan fingerprint density at radius 3 is 2.52 bits per heavy atom. The first-order chi connectivity index (χ1) is 10.8. The van der Waals surface area contributed by atoms with Crippen molar-refractivity contribution < 1.29 is 28.7 Å². The van der Waals surface area contributed by atoms with Gasteiger partial charge in [-0.15, -0.1) is 0 Å². The summed E-state index contributed by atoms with van der Waals surface area (Å²) in [5.74, 6) is -1.39. The zero-order chi connectivity index (χ0) is 17.2. The Morgan fingerprint density at radius 2 is 2.04 bits per heavy atom. The third-order valence-electron chi connectivity index (χ3n) is 3.31. The number of ether oxygens (including phenoxy) is 3. The van der Waals surface area contributed by atoms with E-state index < -0.39 is 28.2 Å². The van der Waals surface area contributed by atoms with Crippen LogP contribution in [-0.2, 0) is 14.3 Å². The Labute approximate surface area is 140 Å². The van der Waals surface area contributed by atoms with E-state index in [1.807, 2.05) is 0 Å². The lowest BCUT2D eigenvalue weighted by molar-refractivity contribution is -0.386. The predicted octanol–water partition coefficient (Wildman–Crippen LogP) is 2.62. The van der Waals surface area contributed by atoms with Crippen LogP contribution >= 0.6 is 15.9 Å². The zero-order valence-electron chi connectivity index (χ0n) is 12.5. The number of hydrogen-bond donors (Lipinski definition) is 0. The summed E-state index contributed by atoms with van der Waals surface area (Å²) < 4.78 is 15.3. The molecule has 0 radical (unpaired) electrons. The minimum absolute atomic E-state index is 0.00692. The van der Waals surface area contributed by atoms with Gasteiger partial charge in [0, 0.05) is 29.4 Å². The van der Waals surface area contributed by atoms with Gasteiger partial charge in [0.05, 0.1) is 24.2 Å². The van der Waals surface area contributed by atoms with Crippen molar-refractivity contribution in [1.29, 1.82) is 0 Å². The number of carbonyl (C=O) groups is 2. The van der Waals surface area contributed by atoms with E-state index in [-0.39, 0.29) is 22.4 Å². The summed E-state index contributed by atoms with van der Waals surface area (Å²) in [5.41, 5.74) is -1.62. The first-order valence-electron chi connectivity index (χ1n) is 6.77. The fourth-order valence-corrected chi connectivity index (χ4v) is 2.45. The number of esters is 2. The molecule has 124 valence electrons. The van der Waals surface area contributed by atoms with Crippen molar-refractivity contribution in [1.82, 2.24) is 0 Å². The number of halogens is 1. The van der Waals surface area contributed by atoms with Crippen molar-refractivity contribution in [2.24, 2.45) is 0 Å². The lowest BCUT2D eigenvalue weighted by Crippen LogP contribution is -2.31. The van der Waals surface area contributed by atoms with E-state index in [1.165, 1.54) is 13.2 Å². The van der Waals surface area contributed by atoms with E-state index >= 15 is 0 Å². The molecule has 0 aliphatic heterocycles. The Bertz CT molecular complexity index is 669. The lowest BCUT2D eigenvalue weighted by Gasteiger charge is -2.17. The molecule has 0 atom stereocenters. The molecule has 8 nitrogen and oxygen atoms in total. The van der Waals surface area contributed by atoms with Crippen molar-refractivity contribution in [3.8, 4) is 5.75 Å². The van der Waals surface area contributed by atoms with E-state index in [2.05, 4.69) is 20.7 Å². The summed E-state index contributed by atoms with van der Waals surface area (Å²) in [5, 5.41) is 11.2. The van der Waals surface area contributed by atoms with Crippen molar-refractivity contribution in [3.63, 3.8) is 0 Å². The molecule has 1 fully saturated rings. The van der Waals surface area contributed by atoms with Gasteiger partial charge < -0.3 is 14.2 Å². The molecule has 0 amide bonds. The summed E-state index contributed by atoms with van der Waals surface area (Å²) in [6.45, 7) is 1.86. The second-order valence-corrected chi connectivity index (χ2v) is 5.72. The molecular weight excluding hydrogens is 374 g/mol. The van der Waals surface area contributed by atoms with Gasteiger partial charge in [-0.25, -0.2) is 9.59 Å². The number of methoxy groups -OCH3 is 1. The maximum absolute atomic E-state index is 11.9. The van der Waals surface area contributed by atoms with E-state index in [4.69, 9.17) is 9.47 Å². The van der Waals surface area contributed by atoms with E-state index in [1.54, 1.807) is 6.92 Å². The highest BCUT2D eigenvalue weighted by Crippen LogP contribution is 2.45. The summed E-state index contributed by atoms with van der Waals surface area (Å²) in [6.07, 6.45) is 0.832. The van der Waals surface area contributed by atoms with Gasteiger partial charge in [0.2, 0.25) is 5.60 Å². The highest BCUT2D eigenvalue weighted by atomic mass is 79.9. The van der Waals surface area contributed by atoms with Crippen LogP contribution in [0.5, 0.6) is 5.75 Å². The number of rotatable bonds is 6. The molecule has 0 bridgehead atoms. The third kappa shape index (κ3) is 3.44. The van der Waals surface area contributed by atoms with Crippen molar-refractivity contribution in [2.45, 2.75) is 25.4 Å². The van der Waals surface area contributed by atoms with Crippen LogP contribution in [0.25, 0.3) is 0 Å². The molecule has 0 heterocycles. The van der Waals surface area contributed by atoms with Crippen molar-refractivity contribution in [3.05, 3.63) is 32.3 Å². The Hall–Kier alpha value is -2.16. The van der Waals surface area contributed by atoms with Gasteiger partial charge in [-0.2, -0.15) is 0 Å². The van der Waals surface area contributed by atoms with Crippen LogP contribution in [0.3, 0.4) is 0 Å². The van der Waals surface area contributed by atoms with E-state index in [9.17, 15) is 19.7 Å². The molecule has 0 unspecified atom stereocenters. The topological polar surface area (TPSA) is 105 Å². The zero-order valence-corrected chi connectivity index (χ0v) is 14.0. The van der Waals surface area contributed by atoms with Crippen LogP contribution in [0.4, 0.5) is 5.69 Å². The number of benzene rings is 1. The van der Waals surface area contributed by atoms with Crippen LogP contribution in [0.1, 0.15) is 30.1 Å². The maximum atomic E-state index is 11.9. The summed E-state index contributed by atoms with van der Waals surface area (Å²) >= 11 is 3.15. The summed E-state index contributed by atoms with van der Waals surface area (Å²) in [4.78, 5) is 34.1. The second-order valence-electron chi connectivity index (χ2n) is 4.87. The van der Waals surface area contributed by atoms with Crippen LogP contribution in [-0.4, -0.2) is 36.2 Å². The molecule has 1 aromatic carbocycles. The van der Waals surface area contributed by atoms with Crippen molar-refractivity contribution in [2.75, 3.05) is 13.7 Å². The molecule has 1 saturated carbocycles. The first kappa shape index (κ1) is 17.2. The minimum atomic E-state index is -1.19. The molecule has 23 heavy (non-hydrogen) atoms. The molecule has 1 aliphatic carbocycles.